The Labute approximate surface area is 170 Å². The molecule has 2 amide bonds. The number of anilines is 1. The Morgan fingerprint density at radius 1 is 1.07 bits per heavy atom. The third-order valence-corrected chi connectivity index (χ3v) is 5.83. The van der Waals surface area contributed by atoms with Crippen molar-refractivity contribution < 1.29 is 9.59 Å². The van der Waals surface area contributed by atoms with E-state index in [0.29, 0.717) is 25.1 Å². The Morgan fingerprint density at radius 2 is 1.79 bits per heavy atom. The number of nitrogens with zero attached hydrogens (tertiary/aromatic N) is 5. The van der Waals surface area contributed by atoms with Crippen LogP contribution in [0.1, 0.15) is 53.1 Å². The molecule has 0 spiro atoms. The molecule has 2 aliphatic heterocycles. The predicted octanol–water partition coefficient (Wildman–Crippen LogP) is 1.84. The van der Waals surface area contributed by atoms with Gasteiger partial charge >= 0.3 is 0 Å². The van der Waals surface area contributed by atoms with Crippen molar-refractivity contribution >= 4 is 17.6 Å². The van der Waals surface area contributed by atoms with Crippen molar-refractivity contribution in [2.45, 2.75) is 38.6 Å². The molecule has 1 fully saturated rings. The van der Waals surface area contributed by atoms with Crippen LogP contribution in [0.4, 0.5) is 5.82 Å². The lowest BCUT2D eigenvalue weighted by atomic mass is 9.95. The molecule has 8 nitrogen and oxygen atoms in total. The zero-order valence-corrected chi connectivity index (χ0v) is 16.9. The van der Waals surface area contributed by atoms with E-state index in [0.717, 1.165) is 48.8 Å². The van der Waals surface area contributed by atoms with Crippen LogP contribution >= 0.6 is 0 Å². The first-order chi connectivity index (χ1) is 14.1. The lowest BCUT2D eigenvalue weighted by molar-refractivity contribution is -0.129. The van der Waals surface area contributed by atoms with E-state index in [4.69, 9.17) is 9.97 Å². The number of carbonyl (C=O) groups is 2. The van der Waals surface area contributed by atoms with Gasteiger partial charge in [0.2, 0.25) is 5.91 Å². The molecule has 1 N–H and O–H groups in total. The van der Waals surface area contributed by atoms with Gasteiger partial charge in [0.15, 0.2) is 0 Å². The van der Waals surface area contributed by atoms with Crippen LogP contribution in [0.25, 0.3) is 0 Å². The van der Waals surface area contributed by atoms with Gasteiger partial charge in [-0.25, -0.2) is 9.97 Å². The second kappa shape index (κ2) is 8.14. The molecule has 0 bridgehead atoms. The van der Waals surface area contributed by atoms with E-state index in [1.165, 1.54) is 0 Å². The Morgan fingerprint density at radius 3 is 2.45 bits per heavy atom. The van der Waals surface area contributed by atoms with Crippen LogP contribution in [0.15, 0.2) is 24.5 Å². The molecule has 1 saturated heterocycles. The third-order valence-electron chi connectivity index (χ3n) is 5.83. The number of rotatable bonds is 3. The van der Waals surface area contributed by atoms with E-state index < -0.39 is 0 Å². The zero-order valence-electron chi connectivity index (χ0n) is 16.9. The summed E-state index contributed by atoms with van der Waals surface area (Å²) in [4.78, 5) is 41.8. The van der Waals surface area contributed by atoms with Crippen molar-refractivity contribution in [2.75, 3.05) is 32.0 Å². The summed E-state index contributed by atoms with van der Waals surface area (Å²) in [5.74, 6) is 2.04. The van der Waals surface area contributed by atoms with E-state index in [9.17, 15) is 9.59 Å². The number of piperidine rings is 1. The Bertz CT molecular complexity index is 892. The predicted molar refractivity (Wildman–Crippen MR) is 108 cm³/mol. The van der Waals surface area contributed by atoms with Gasteiger partial charge in [0.05, 0.1) is 12.2 Å². The third kappa shape index (κ3) is 3.92. The van der Waals surface area contributed by atoms with Gasteiger partial charge in [0.25, 0.3) is 5.91 Å². The molecule has 0 radical (unpaired) electrons. The Hall–Kier alpha value is -3.03. The number of pyridine rings is 1. The summed E-state index contributed by atoms with van der Waals surface area (Å²) in [5, 5.41) is 3.20. The Kier molecular flexibility index (Phi) is 5.42. The number of aromatic nitrogens is 3. The molecule has 0 unspecified atom stereocenters. The summed E-state index contributed by atoms with van der Waals surface area (Å²) in [6.45, 7) is 4.26. The molecule has 8 heteroatoms. The van der Waals surface area contributed by atoms with Crippen molar-refractivity contribution in [3.63, 3.8) is 0 Å². The van der Waals surface area contributed by atoms with Gasteiger partial charge < -0.3 is 15.1 Å². The molecule has 4 rings (SSSR count). The lowest BCUT2D eigenvalue weighted by Gasteiger charge is -2.32. The maximum Gasteiger partial charge on any atom is 0.254 e. The summed E-state index contributed by atoms with van der Waals surface area (Å²) in [6.07, 6.45) is 5.75. The number of amides is 2. The second-order valence-electron chi connectivity index (χ2n) is 7.60. The van der Waals surface area contributed by atoms with E-state index in [1.54, 1.807) is 31.5 Å². The minimum Gasteiger partial charge on any atom is -0.373 e. The van der Waals surface area contributed by atoms with Crippen LogP contribution in [-0.2, 0) is 17.8 Å². The normalized spacial score (nSPS) is 17.0. The van der Waals surface area contributed by atoms with Crippen LogP contribution in [0.3, 0.4) is 0 Å². The van der Waals surface area contributed by atoms with Gasteiger partial charge in [-0.2, -0.15) is 0 Å². The SMILES string of the molecule is CNc1nc(C2CCN(C(C)=O)CC2)nc2c1CN(C(=O)c1ccncc1)CC2. The number of hydrogen-bond acceptors (Lipinski definition) is 6. The van der Waals surface area contributed by atoms with Gasteiger partial charge in [0.1, 0.15) is 11.6 Å². The summed E-state index contributed by atoms with van der Waals surface area (Å²) >= 11 is 0. The maximum absolute atomic E-state index is 12.8. The second-order valence-corrected chi connectivity index (χ2v) is 7.60. The van der Waals surface area contributed by atoms with Gasteiger partial charge in [-0.1, -0.05) is 0 Å². The highest BCUT2D eigenvalue weighted by molar-refractivity contribution is 5.94. The lowest BCUT2D eigenvalue weighted by Crippen LogP contribution is -2.38. The average Bonchev–Trinajstić information content (AvgIpc) is 2.78. The highest BCUT2D eigenvalue weighted by atomic mass is 16.2. The van der Waals surface area contributed by atoms with Crippen LogP contribution < -0.4 is 5.32 Å². The number of carbonyl (C=O) groups excluding carboxylic acids is 2. The smallest absolute Gasteiger partial charge is 0.254 e. The quantitative estimate of drug-likeness (QED) is 0.854. The van der Waals surface area contributed by atoms with E-state index in [-0.39, 0.29) is 17.7 Å². The molecule has 29 heavy (non-hydrogen) atoms. The first-order valence-electron chi connectivity index (χ1n) is 10.1. The molecule has 0 atom stereocenters. The first-order valence-corrected chi connectivity index (χ1v) is 10.1. The largest absolute Gasteiger partial charge is 0.373 e. The van der Waals surface area contributed by atoms with Crippen molar-refractivity contribution in [1.82, 2.24) is 24.8 Å². The van der Waals surface area contributed by atoms with Gasteiger partial charge in [-0.15, -0.1) is 0 Å². The van der Waals surface area contributed by atoms with E-state index in [1.807, 2.05) is 16.8 Å². The summed E-state index contributed by atoms with van der Waals surface area (Å²) < 4.78 is 0. The highest BCUT2D eigenvalue weighted by Crippen LogP contribution is 2.30. The van der Waals surface area contributed by atoms with Crippen molar-refractivity contribution in [2.24, 2.45) is 0 Å². The molecule has 2 aromatic rings. The van der Waals surface area contributed by atoms with E-state index in [2.05, 4.69) is 10.3 Å². The summed E-state index contributed by atoms with van der Waals surface area (Å²) in [6, 6.07) is 3.48. The van der Waals surface area contributed by atoms with Crippen LogP contribution in [0, 0.1) is 0 Å². The van der Waals surface area contributed by atoms with Crippen molar-refractivity contribution in [3.05, 3.63) is 47.2 Å². The van der Waals surface area contributed by atoms with E-state index >= 15 is 0 Å². The van der Waals surface area contributed by atoms with Crippen LogP contribution in [-0.4, -0.2) is 63.2 Å². The molecular weight excluding hydrogens is 368 g/mol. The van der Waals surface area contributed by atoms with Gasteiger partial charge in [0, 0.05) is 69.5 Å². The zero-order chi connectivity index (χ0) is 20.4. The number of fused-ring (bicyclic) bond motifs is 1. The molecule has 2 aliphatic rings. The fourth-order valence-electron chi connectivity index (χ4n) is 4.13. The molecular formula is C21H26N6O2. The summed E-state index contributed by atoms with van der Waals surface area (Å²) in [5.41, 5.74) is 2.66. The number of likely N-dealkylation sites (tertiary alicyclic amines) is 1. The van der Waals surface area contributed by atoms with Crippen molar-refractivity contribution in [3.8, 4) is 0 Å². The number of hydrogen-bond donors (Lipinski definition) is 1. The molecule has 152 valence electrons. The fraction of sp³-hybridized carbons (Fsp3) is 0.476. The highest BCUT2D eigenvalue weighted by Gasteiger charge is 2.29. The fourth-order valence-corrected chi connectivity index (χ4v) is 4.13. The van der Waals surface area contributed by atoms with Crippen molar-refractivity contribution in [1.29, 1.82) is 0 Å². The molecule has 2 aromatic heterocycles. The molecule has 0 aromatic carbocycles. The molecule has 4 heterocycles. The Balaban J connectivity index is 1.54. The first kappa shape index (κ1) is 19.3. The summed E-state index contributed by atoms with van der Waals surface area (Å²) in [7, 11) is 1.86. The topological polar surface area (TPSA) is 91.3 Å². The standard InChI is InChI=1S/C21H26N6O2/c1-14(28)26-10-5-15(6-11-26)19-24-18-7-12-27(13-17(18)20(22-2)25-19)21(29)16-3-8-23-9-4-16/h3-4,8-9,15H,5-7,10-13H2,1-2H3,(H,22,24,25). The number of nitrogens with one attached hydrogen (secondary N) is 1. The maximum atomic E-state index is 12.8. The minimum atomic E-state index is 0.000726. The monoisotopic (exact) mass is 394 g/mol. The van der Waals surface area contributed by atoms with Crippen LogP contribution in [0.2, 0.25) is 0 Å². The van der Waals surface area contributed by atoms with Gasteiger partial charge in [-0.05, 0) is 25.0 Å². The average molecular weight is 394 g/mol. The molecule has 0 aliphatic carbocycles. The van der Waals surface area contributed by atoms with Gasteiger partial charge in [-0.3, -0.25) is 14.6 Å². The molecule has 0 saturated carbocycles. The van der Waals surface area contributed by atoms with Crippen LogP contribution in [0.5, 0.6) is 0 Å². The minimum absolute atomic E-state index is 0.000726.